The van der Waals surface area contributed by atoms with Crippen molar-refractivity contribution in [3.05, 3.63) is 41.6 Å². The maximum Gasteiger partial charge on any atom is 0.251 e. The molecular formula is C22H26F2N6OS. The Morgan fingerprint density at radius 2 is 1.94 bits per heavy atom. The Labute approximate surface area is 189 Å². The van der Waals surface area contributed by atoms with Crippen molar-refractivity contribution in [3.8, 4) is 0 Å². The third kappa shape index (κ3) is 5.01. The topological polar surface area (TPSA) is 75.9 Å². The predicted octanol–water partition coefficient (Wildman–Crippen LogP) is 4.03. The number of hydrogen-bond acceptors (Lipinski definition) is 6. The summed E-state index contributed by atoms with van der Waals surface area (Å²) in [6.07, 6.45) is 5.29. The molecule has 1 aromatic carbocycles. The van der Waals surface area contributed by atoms with Gasteiger partial charge in [-0.1, -0.05) is 25.6 Å². The molecule has 7 nitrogen and oxygen atoms in total. The number of carbonyl (C=O) groups excluding carboxylic acids is 1. The van der Waals surface area contributed by atoms with E-state index in [1.807, 2.05) is 0 Å². The molecule has 0 spiro atoms. The Kier molecular flexibility index (Phi) is 6.88. The molecule has 0 aliphatic carbocycles. The molecule has 1 aliphatic rings. The summed E-state index contributed by atoms with van der Waals surface area (Å²) in [5.41, 5.74) is 0.797. The molecule has 0 saturated carbocycles. The molecule has 4 rings (SSSR count). The van der Waals surface area contributed by atoms with Gasteiger partial charge >= 0.3 is 0 Å². The van der Waals surface area contributed by atoms with Crippen LogP contribution in [0, 0.1) is 11.6 Å². The number of aromatic nitrogens is 4. The van der Waals surface area contributed by atoms with Gasteiger partial charge in [0.05, 0.1) is 18.1 Å². The van der Waals surface area contributed by atoms with E-state index in [0.717, 1.165) is 54.9 Å². The van der Waals surface area contributed by atoms with E-state index in [1.165, 1.54) is 12.5 Å². The van der Waals surface area contributed by atoms with Crippen LogP contribution < -0.4 is 10.2 Å². The van der Waals surface area contributed by atoms with E-state index in [-0.39, 0.29) is 12.1 Å². The third-order valence-electron chi connectivity index (χ3n) is 5.24. The van der Waals surface area contributed by atoms with E-state index in [1.54, 1.807) is 22.6 Å². The van der Waals surface area contributed by atoms with E-state index in [0.29, 0.717) is 17.0 Å². The molecule has 10 heteroatoms. The van der Waals surface area contributed by atoms with Crippen LogP contribution in [0.25, 0.3) is 11.0 Å². The van der Waals surface area contributed by atoms with Gasteiger partial charge in [0.25, 0.3) is 5.91 Å². The van der Waals surface area contributed by atoms with Crippen LogP contribution in [-0.4, -0.2) is 50.5 Å². The lowest BCUT2D eigenvalue weighted by molar-refractivity contribution is 0.0951. The summed E-state index contributed by atoms with van der Waals surface area (Å²) in [4.78, 5) is 24.1. The van der Waals surface area contributed by atoms with Crippen molar-refractivity contribution in [2.75, 3.05) is 24.5 Å². The molecule has 32 heavy (non-hydrogen) atoms. The number of nitrogens with zero attached hydrogens (tertiary/aromatic N) is 5. The molecule has 1 saturated heterocycles. The minimum absolute atomic E-state index is 0.0690. The van der Waals surface area contributed by atoms with Crippen molar-refractivity contribution in [2.24, 2.45) is 0 Å². The Morgan fingerprint density at radius 3 is 2.66 bits per heavy atom. The zero-order valence-corrected chi connectivity index (χ0v) is 19.0. The van der Waals surface area contributed by atoms with Gasteiger partial charge in [-0.3, -0.25) is 4.79 Å². The van der Waals surface area contributed by atoms with Gasteiger partial charge in [0.1, 0.15) is 5.82 Å². The monoisotopic (exact) mass is 460 g/mol. The van der Waals surface area contributed by atoms with Gasteiger partial charge in [-0.2, -0.15) is 5.10 Å². The lowest BCUT2D eigenvalue weighted by Crippen LogP contribution is -2.30. The van der Waals surface area contributed by atoms with Gasteiger partial charge in [0, 0.05) is 30.4 Å². The van der Waals surface area contributed by atoms with Crippen LogP contribution in [0.15, 0.2) is 29.6 Å². The van der Waals surface area contributed by atoms with Crippen LogP contribution in [0.5, 0.6) is 0 Å². The second-order valence-electron chi connectivity index (χ2n) is 8.03. The fourth-order valence-corrected chi connectivity index (χ4v) is 4.41. The molecule has 0 radical (unpaired) electrons. The normalized spacial score (nSPS) is 14.3. The summed E-state index contributed by atoms with van der Waals surface area (Å²) in [6, 6.07) is 3.09. The molecule has 3 aromatic rings. The van der Waals surface area contributed by atoms with E-state index in [9.17, 15) is 13.6 Å². The highest BCUT2D eigenvalue weighted by Gasteiger charge is 2.20. The van der Waals surface area contributed by atoms with Gasteiger partial charge in [-0.05, 0) is 37.5 Å². The zero-order valence-electron chi connectivity index (χ0n) is 18.1. The maximum absolute atomic E-state index is 13.4. The van der Waals surface area contributed by atoms with Crippen LogP contribution in [-0.2, 0) is 6.54 Å². The van der Waals surface area contributed by atoms with Crippen molar-refractivity contribution in [2.45, 2.75) is 50.1 Å². The number of piperidine rings is 1. The third-order valence-corrected chi connectivity index (χ3v) is 6.11. The van der Waals surface area contributed by atoms with Gasteiger partial charge in [0.15, 0.2) is 22.4 Å². The summed E-state index contributed by atoms with van der Waals surface area (Å²) >= 11 is 1.61. The number of anilines is 1. The average Bonchev–Trinajstić information content (AvgIpc) is 3.18. The fraction of sp³-hybridized carbons (Fsp3) is 0.455. The number of rotatable bonds is 7. The highest BCUT2D eigenvalue weighted by atomic mass is 32.2. The summed E-state index contributed by atoms with van der Waals surface area (Å²) in [5, 5.41) is 9.15. The first-order chi connectivity index (χ1) is 15.4. The molecule has 1 amide bonds. The summed E-state index contributed by atoms with van der Waals surface area (Å²) in [6.45, 7) is 6.79. The number of benzene rings is 1. The number of nitrogens with one attached hydrogen (secondary N) is 1. The molecule has 3 heterocycles. The van der Waals surface area contributed by atoms with Crippen molar-refractivity contribution in [1.82, 2.24) is 25.1 Å². The second-order valence-corrected chi connectivity index (χ2v) is 9.58. The van der Waals surface area contributed by atoms with Crippen LogP contribution in [0.2, 0.25) is 0 Å². The molecule has 0 unspecified atom stereocenters. The Balaban J connectivity index is 1.53. The van der Waals surface area contributed by atoms with Crippen LogP contribution in [0.4, 0.5) is 14.6 Å². The number of carbonyl (C=O) groups is 1. The van der Waals surface area contributed by atoms with Crippen molar-refractivity contribution >= 4 is 34.5 Å². The predicted molar refractivity (Wildman–Crippen MR) is 121 cm³/mol. The first kappa shape index (κ1) is 22.4. The highest BCUT2D eigenvalue weighted by molar-refractivity contribution is 7.99. The van der Waals surface area contributed by atoms with E-state index in [4.69, 9.17) is 9.97 Å². The molecule has 1 aliphatic heterocycles. The maximum atomic E-state index is 13.4. The number of hydrogen-bond donors (Lipinski definition) is 1. The van der Waals surface area contributed by atoms with Gasteiger partial charge in [-0.15, -0.1) is 0 Å². The molecule has 1 N–H and O–H groups in total. The lowest BCUT2D eigenvalue weighted by atomic mass is 10.1. The second kappa shape index (κ2) is 9.81. The van der Waals surface area contributed by atoms with Crippen molar-refractivity contribution in [1.29, 1.82) is 0 Å². The largest absolute Gasteiger partial charge is 0.356 e. The first-order valence-corrected chi connectivity index (χ1v) is 11.7. The van der Waals surface area contributed by atoms with Gasteiger partial charge < -0.3 is 10.2 Å². The number of halogens is 2. The highest BCUT2D eigenvalue weighted by Crippen LogP contribution is 2.30. The number of amides is 1. The van der Waals surface area contributed by atoms with Gasteiger partial charge in [0.2, 0.25) is 0 Å². The lowest BCUT2D eigenvalue weighted by Gasteiger charge is -2.28. The average molecular weight is 461 g/mol. The van der Waals surface area contributed by atoms with E-state index < -0.39 is 17.5 Å². The van der Waals surface area contributed by atoms with E-state index in [2.05, 4.69) is 29.2 Å². The quantitative estimate of drug-likeness (QED) is 0.424. The van der Waals surface area contributed by atoms with Gasteiger partial charge in [-0.25, -0.2) is 23.4 Å². The standard InChI is InChI=1S/C22H26F2N6OS/c1-14(2)32-22-27-19(29-9-4-3-5-10-29)16-13-26-30(20(16)28-22)11-8-25-21(31)15-6-7-17(23)18(24)12-15/h6-7,12-14H,3-5,8-11H2,1-2H3,(H,25,31). The molecule has 170 valence electrons. The first-order valence-electron chi connectivity index (χ1n) is 10.8. The van der Waals surface area contributed by atoms with E-state index >= 15 is 0 Å². The number of thioether (sulfide) groups is 1. The van der Waals surface area contributed by atoms with Crippen LogP contribution in [0.1, 0.15) is 43.5 Å². The SMILES string of the molecule is CC(C)Sc1nc(N2CCCCC2)c2cnn(CCNC(=O)c3ccc(F)c(F)c3)c2n1. The van der Waals surface area contributed by atoms with Crippen molar-refractivity contribution in [3.63, 3.8) is 0 Å². The summed E-state index contributed by atoms with van der Waals surface area (Å²) in [5.74, 6) is -1.59. The molecule has 2 aromatic heterocycles. The van der Waals surface area contributed by atoms with Crippen LogP contribution >= 0.6 is 11.8 Å². The minimum atomic E-state index is -1.05. The summed E-state index contributed by atoms with van der Waals surface area (Å²) in [7, 11) is 0. The molecule has 0 atom stereocenters. The molecule has 0 bridgehead atoms. The number of fused-ring (bicyclic) bond motifs is 1. The fourth-order valence-electron chi connectivity index (χ4n) is 3.71. The van der Waals surface area contributed by atoms with Crippen molar-refractivity contribution < 1.29 is 13.6 Å². The Bertz CT molecular complexity index is 1110. The zero-order chi connectivity index (χ0) is 22.7. The molecule has 1 fully saturated rings. The smallest absolute Gasteiger partial charge is 0.251 e. The summed E-state index contributed by atoms with van der Waals surface area (Å²) < 4.78 is 28.2. The Morgan fingerprint density at radius 1 is 1.16 bits per heavy atom. The Hall–Kier alpha value is -2.75. The molecular weight excluding hydrogens is 434 g/mol. The minimum Gasteiger partial charge on any atom is -0.356 e. The van der Waals surface area contributed by atoms with Crippen LogP contribution in [0.3, 0.4) is 0 Å².